The van der Waals surface area contributed by atoms with Gasteiger partial charge >= 0.3 is 0 Å². The first-order chi connectivity index (χ1) is 9.85. The van der Waals surface area contributed by atoms with Crippen molar-refractivity contribution in [2.75, 3.05) is 30.3 Å². The van der Waals surface area contributed by atoms with E-state index in [1.165, 1.54) is 4.31 Å². The van der Waals surface area contributed by atoms with Crippen LogP contribution in [0.2, 0.25) is 0 Å². The van der Waals surface area contributed by atoms with Gasteiger partial charge in [0.15, 0.2) is 0 Å². The fraction of sp³-hybridized carbons (Fsp3) is 0.571. The second-order valence-corrected chi connectivity index (χ2v) is 8.06. The molecule has 7 heteroatoms. The second-order valence-electron chi connectivity index (χ2n) is 5.19. The Morgan fingerprint density at radius 3 is 2.86 bits per heavy atom. The van der Waals surface area contributed by atoms with E-state index in [-0.39, 0.29) is 11.9 Å². The highest BCUT2D eigenvalue weighted by Crippen LogP contribution is 2.39. The van der Waals surface area contributed by atoms with Crippen LogP contribution in [0.1, 0.15) is 18.9 Å². The number of fused-ring (bicyclic) bond motifs is 1. The molecule has 0 saturated heterocycles. The maximum atomic E-state index is 12.6. The molecule has 1 aromatic rings. The number of halogens is 1. The Hall–Kier alpha value is -0.790. The molecule has 2 rings (SSSR count). The standard InChI is InChI=1S/C14H20BrNO4S/c1-10-7-14-13(8-12(10)15)16(9-11(2)20-14)21(17,18)6-4-5-19-3/h7-8,11H,4-6,9H2,1-3H3. The van der Waals surface area contributed by atoms with Gasteiger partial charge in [0.05, 0.1) is 18.0 Å². The topological polar surface area (TPSA) is 55.8 Å². The fourth-order valence-electron chi connectivity index (χ4n) is 2.28. The number of hydrogen-bond donors (Lipinski definition) is 0. The molecule has 118 valence electrons. The Morgan fingerprint density at radius 2 is 2.19 bits per heavy atom. The molecule has 21 heavy (non-hydrogen) atoms. The van der Waals surface area contributed by atoms with Gasteiger partial charge in [0, 0.05) is 18.2 Å². The zero-order valence-electron chi connectivity index (χ0n) is 12.4. The van der Waals surface area contributed by atoms with Crippen molar-refractivity contribution in [3.8, 4) is 5.75 Å². The molecule has 0 N–H and O–H groups in total. The highest BCUT2D eigenvalue weighted by atomic mass is 79.9. The average Bonchev–Trinajstić information content (AvgIpc) is 2.40. The summed E-state index contributed by atoms with van der Waals surface area (Å²) in [7, 11) is -1.81. The summed E-state index contributed by atoms with van der Waals surface area (Å²) in [5.74, 6) is 0.683. The molecule has 5 nitrogen and oxygen atoms in total. The number of ether oxygens (including phenoxy) is 2. The molecule has 0 spiro atoms. The van der Waals surface area contributed by atoms with Crippen LogP contribution in [-0.4, -0.2) is 40.5 Å². The molecule has 0 amide bonds. The molecular formula is C14H20BrNO4S. The summed E-state index contributed by atoms with van der Waals surface area (Å²) in [5, 5.41) is 0. The minimum Gasteiger partial charge on any atom is -0.487 e. The van der Waals surface area contributed by atoms with Crippen LogP contribution in [0.5, 0.6) is 5.75 Å². The van der Waals surface area contributed by atoms with Crippen LogP contribution in [-0.2, 0) is 14.8 Å². The normalized spacial score (nSPS) is 18.3. The molecule has 1 atom stereocenters. The van der Waals surface area contributed by atoms with Crippen LogP contribution in [0.4, 0.5) is 5.69 Å². The molecule has 0 aromatic heterocycles. The van der Waals surface area contributed by atoms with E-state index in [9.17, 15) is 8.42 Å². The van der Waals surface area contributed by atoms with E-state index in [1.54, 1.807) is 7.11 Å². The van der Waals surface area contributed by atoms with Gasteiger partial charge in [0.1, 0.15) is 11.9 Å². The highest BCUT2D eigenvalue weighted by molar-refractivity contribution is 9.10. The maximum Gasteiger partial charge on any atom is 0.235 e. The molecule has 1 unspecified atom stereocenters. The lowest BCUT2D eigenvalue weighted by Crippen LogP contribution is -2.43. The molecule has 0 bridgehead atoms. The van der Waals surface area contributed by atoms with E-state index in [0.717, 1.165) is 10.0 Å². The molecule has 1 aromatic carbocycles. The number of rotatable bonds is 5. The van der Waals surface area contributed by atoms with Gasteiger partial charge in [0.25, 0.3) is 0 Å². The number of anilines is 1. The Bertz CT molecular complexity index is 618. The number of benzene rings is 1. The van der Waals surface area contributed by atoms with Crippen LogP contribution >= 0.6 is 15.9 Å². The van der Waals surface area contributed by atoms with Crippen molar-refractivity contribution in [3.63, 3.8) is 0 Å². The van der Waals surface area contributed by atoms with Crippen molar-refractivity contribution in [1.29, 1.82) is 0 Å². The van der Waals surface area contributed by atoms with Crippen molar-refractivity contribution in [2.24, 2.45) is 0 Å². The van der Waals surface area contributed by atoms with Crippen LogP contribution < -0.4 is 9.04 Å². The monoisotopic (exact) mass is 377 g/mol. The third-order valence-electron chi connectivity index (χ3n) is 3.35. The SMILES string of the molecule is COCCCS(=O)(=O)N1CC(C)Oc2cc(C)c(Br)cc21. The smallest absolute Gasteiger partial charge is 0.235 e. The molecule has 0 aliphatic carbocycles. The van der Waals surface area contributed by atoms with E-state index < -0.39 is 10.0 Å². The lowest BCUT2D eigenvalue weighted by Gasteiger charge is -2.34. The van der Waals surface area contributed by atoms with Crippen LogP contribution in [0.25, 0.3) is 0 Å². The van der Waals surface area contributed by atoms with Gasteiger partial charge in [-0.2, -0.15) is 0 Å². The fourth-order valence-corrected chi connectivity index (χ4v) is 4.19. The second kappa shape index (κ2) is 6.54. The van der Waals surface area contributed by atoms with E-state index in [4.69, 9.17) is 9.47 Å². The number of methoxy groups -OCH3 is 1. The summed E-state index contributed by atoms with van der Waals surface area (Å²) in [4.78, 5) is 0. The summed E-state index contributed by atoms with van der Waals surface area (Å²) in [6.45, 7) is 4.59. The number of nitrogens with zero attached hydrogens (tertiary/aromatic N) is 1. The lowest BCUT2D eigenvalue weighted by atomic mass is 10.2. The van der Waals surface area contributed by atoms with E-state index in [1.807, 2.05) is 26.0 Å². The summed E-state index contributed by atoms with van der Waals surface area (Å²) in [6, 6.07) is 3.68. The zero-order chi connectivity index (χ0) is 15.6. The number of hydrogen-bond acceptors (Lipinski definition) is 4. The van der Waals surface area contributed by atoms with E-state index >= 15 is 0 Å². The lowest BCUT2D eigenvalue weighted by molar-refractivity contribution is 0.199. The van der Waals surface area contributed by atoms with Crippen molar-refractivity contribution in [3.05, 3.63) is 22.2 Å². The van der Waals surface area contributed by atoms with Crippen LogP contribution in [0, 0.1) is 6.92 Å². The predicted octanol–water partition coefficient (Wildman–Crippen LogP) is 2.71. The van der Waals surface area contributed by atoms with Crippen LogP contribution in [0.15, 0.2) is 16.6 Å². The Balaban J connectivity index is 2.35. The van der Waals surface area contributed by atoms with E-state index in [0.29, 0.717) is 31.0 Å². The predicted molar refractivity (Wildman–Crippen MR) is 86.6 cm³/mol. The zero-order valence-corrected chi connectivity index (χ0v) is 14.8. The van der Waals surface area contributed by atoms with Gasteiger partial charge in [-0.15, -0.1) is 0 Å². The molecule has 0 radical (unpaired) electrons. The van der Waals surface area contributed by atoms with Gasteiger partial charge in [-0.1, -0.05) is 15.9 Å². The molecule has 0 fully saturated rings. The van der Waals surface area contributed by atoms with Crippen molar-refractivity contribution < 1.29 is 17.9 Å². The number of aryl methyl sites for hydroxylation is 1. The van der Waals surface area contributed by atoms with Gasteiger partial charge in [0.2, 0.25) is 10.0 Å². The minimum absolute atomic E-state index is 0.0680. The summed E-state index contributed by atoms with van der Waals surface area (Å²) >= 11 is 3.45. The van der Waals surface area contributed by atoms with Crippen molar-refractivity contribution >= 4 is 31.6 Å². The Morgan fingerprint density at radius 1 is 1.48 bits per heavy atom. The highest BCUT2D eigenvalue weighted by Gasteiger charge is 2.31. The third kappa shape index (κ3) is 3.70. The first kappa shape index (κ1) is 16.6. The molecule has 1 aliphatic rings. The molecule has 1 heterocycles. The first-order valence-corrected chi connectivity index (χ1v) is 9.21. The average molecular weight is 378 g/mol. The third-order valence-corrected chi connectivity index (χ3v) is 6.02. The summed E-state index contributed by atoms with van der Waals surface area (Å²) in [5.41, 5.74) is 1.61. The largest absolute Gasteiger partial charge is 0.487 e. The van der Waals surface area contributed by atoms with Gasteiger partial charge in [-0.05, 0) is 38.0 Å². The van der Waals surface area contributed by atoms with Crippen molar-refractivity contribution in [1.82, 2.24) is 0 Å². The molecule has 1 aliphatic heterocycles. The van der Waals surface area contributed by atoms with Gasteiger partial charge < -0.3 is 9.47 Å². The molecule has 0 saturated carbocycles. The van der Waals surface area contributed by atoms with Crippen molar-refractivity contribution in [2.45, 2.75) is 26.4 Å². The maximum absolute atomic E-state index is 12.6. The van der Waals surface area contributed by atoms with E-state index in [2.05, 4.69) is 15.9 Å². The first-order valence-electron chi connectivity index (χ1n) is 6.81. The Labute approximate surface area is 134 Å². The van der Waals surface area contributed by atoms with Crippen LogP contribution in [0.3, 0.4) is 0 Å². The minimum atomic E-state index is -3.38. The summed E-state index contributed by atoms with van der Waals surface area (Å²) < 4.78 is 38.2. The number of sulfonamides is 1. The summed E-state index contributed by atoms with van der Waals surface area (Å²) in [6.07, 6.45) is 0.308. The molecular weight excluding hydrogens is 358 g/mol. The Kier molecular flexibility index (Phi) is 5.16. The quantitative estimate of drug-likeness (QED) is 0.740. The van der Waals surface area contributed by atoms with Gasteiger partial charge in [-0.25, -0.2) is 8.42 Å². The van der Waals surface area contributed by atoms with Gasteiger partial charge in [-0.3, -0.25) is 4.31 Å².